The average Bonchev–Trinajstić information content (AvgIpc) is 3.10. The van der Waals surface area contributed by atoms with Gasteiger partial charge >= 0.3 is 5.97 Å². The second kappa shape index (κ2) is 5.96. The van der Waals surface area contributed by atoms with E-state index in [0.29, 0.717) is 24.5 Å². The molecular weight excluding hydrogens is 286 g/mol. The number of hydrogen-bond acceptors (Lipinski definition) is 4. The zero-order valence-corrected chi connectivity index (χ0v) is 12.3. The zero-order valence-electron chi connectivity index (χ0n) is 12.3. The highest BCUT2D eigenvalue weighted by Crippen LogP contribution is 2.44. The van der Waals surface area contributed by atoms with E-state index in [2.05, 4.69) is 5.32 Å². The summed E-state index contributed by atoms with van der Waals surface area (Å²) < 4.78 is 11.1. The van der Waals surface area contributed by atoms with Gasteiger partial charge in [0.15, 0.2) is 0 Å². The van der Waals surface area contributed by atoms with Crippen molar-refractivity contribution in [3.63, 3.8) is 0 Å². The Morgan fingerprint density at radius 3 is 2.64 bits per heavy atom. The molecule has 0 aliphatic carbocycles. The molecule has 0 spiro atoms. The summed E-state index contributed by atoms with van der Waals surface area (Å²) in [6.45, 7) is 2.35. The predicted octanol–water partition coefficient (Wildman–Crippen LogP) is 1.90. The smallest absolute Gasteiger partial charge is 0.310 e. The molecule has 3 rings (SSSR count). The summed E-state index contributed by atoms with van der Waals surface area (Å²) in [7, 11) is 0. The molecule has 2 aliphatic rings. The van der Waals surface area contributed by atoms with Crippen molar-refractivity contribution in [2.45, 2.75) is 32.0 Å². The maximum Gasteiger partial charge on any atom is 0.310 e. The molecule has 1 aromatic carbocycles. The Morgan fingerprint density at radius 2 is 1.95 bits per heavy atom. The topological polar surface area (TPSA) is 84.9 Å². The summed E-state index contributed by atoms with van der Waals surface area (Å²) in [5.41, 5.74) is 0.557. The fourth-order valence-electron chi connectivity index (χ4n) is 3.39. The molecule has 1 amide bonds. The van der Waals surface area contributed by atoms with Gasteiger partial charge in [0.2, 0.25) is 5.91 Å². The molecule has 118 valence electrons. The van der Waals surface area contributed by atoms with Crippen molar-refractivity contribution in [3.8, 4) is 5.75 Å². The van der Waals surface area contributed by atoms with Crippen molar-refractivity contribution in [1.82, 2.24) is 0 Å². The molecule has 2 aliphatic heterocycles. The van der Waals surface area contributed by atoms with E-state index >= 15 is 0 Å². The standard InChI is InChI=1S/C16H19NO5/c1-2-21-10-6-4-3-5-9(10)17-15(18)13-11-7-8-12(22-11)14(13)16(19)20/h3-6,11-14H,2,7-8H2,1H3,(H,17,18)(H,19,20)/t11-,12+,13+,14+/m1/s1. The number of benzene rings is 1. The largest absolute Gasteiger partial charge is 0.492 e. The van der Waals surface area contributed by atoms with Crippen LogP contribution >= 0.6 is 0 Å². The van der Waals surface area contributed by atoms with Gasteiger partial charge in [-0.3, -0.25) is 9.59 Å². The summed E-state index contributed by atoms with van der Waals surface area (Å²) in [5, 5.41) is 12.2. The quantitative estimate of drug-likeness (QED) is 0.868. The number of aliphatic carboxylic acids is 1. The minimum atomic E-state index is -0.967. The summed E-state index contributed by atoms with van der Waals surface area (Å²) in [4.78, 5) is 24.0. The number of amides is 1. The molecule has 2 bridgehead atoms. The van der Waals surface area contributed by atoms with Gasteiger partial charge in [0.25, 0.3) is 0 Å². The van der Waals surface area contributed by atoms with Crippen LogP contribution in [0.4, 0.5) is 5.69 Å². The number of carboxylic acids is 1. The normalized spacial score (nSPS) is 29.3. The average molecular weight is 305 g/mol. The molecule has 1 aromatic rings. The lowest BCUT2D eigenvalue weighted by atomic mass is 9.78. The number of carbonyl (C=O) groups excluding carboxylic acids is 1. The second-order valence-corrected chi connectivity index (χ2v) is 5.60. The van der Waals surface area contributed by atoms with Gasteiger partial charge in [0, 0.05) is 0 Å². The predicted molar refractivity (Wildman–Crippen MR) is 78.8 cm³/mol. The van der Waals surface area contributed by atoms with Gasteiger partial charge in [-0.2, -0.15) is 0 Å². The van der Waals surface area contributed by atoms with E-state index in [1.54, 1.807) is 18.2 Å². The van der Waals surface area contributed by atoms with E-state index in [0.717, 1.165) is 6.42 Å². The second-order valence-electron chi connectivity index (χ2n) is 5.60. The minimum absolute atomic E-state index is 0.301. The maximum absolute atomic E-state index is 12.6. The first kappa shape index (κ1) is 14.8. The molecule has 0 radical (unpaired) electrons. The maximum atomic E-state index is 12.6. The van der Waals surface area contributed by atoms with E-state index in [1.807, 2.05) is 13.0 Å². The molecule has 4 atom stereocenters. The molecule has 0 aromatic heterocycles. The van der Waals surface area contributed by atoms with Crippen molar-refractivity contribution >= 4 is 17.6 Å². The van der Waals surface area contributed by atoms with Crippen LogP contribution in [0.1, 0.15) is 19.8 Å². The SMILES string of the molecule is CCOc1ccccc1NC(=O)[C@@H]1[C@@H](C(=O)O)[C@@H]2CC[C@H]1O2. The molecule has 2 saturated heterocycles. The van der Waals surface area contributed by atoms with Crippen LogP contribution in [0.2, 0.25) is 0 Å². The van der Waals surface area contributed by atoms with Crippen LogP contribution in [-0.2, 0) is 14.3 Å². The monoisotopic (exact) mass is 305 g/mol. The Bertz CT molecular complexity index is 588. The summed E-state index contributed by atoms with van der Waals surface area (Å²) in [6.07, 6.45) is 0.798. The Kier molecular flexibility index (Phi) is 4.02. The van der Waals surface area contributed by atoms with Gasteiger partial charge < -0.3 is 19.9 Å². The highest BCUT2D eigenvalue weighted by Gasteiger charge is 2.55. The van der Waals surface area contributed by atoms with E-state index < -0.39 is 17.8 Å². The lowest BCUT2D eigenvalue weighted by Crippen LogP contribution is -2.41. The van der Waals surface area contributed by atoms with Crippen LogP contribution in [0.5, 0.6) is 5.75 Å². The Hall–Kier alpha value is -2.08. The van der Waals surface area contributed by atoms with Crippen molar-refractivity contribution < 1.29 is 24.2 Å². The van der Waals surface area contributed by atoms with Crippen molar-refractivity contribution in [2.75, 3.05) is 11.9 Å². The van der Waals surface area contributed by atoms with Crippen molar-refractivity contribution in [3.05, 3.63) is 24.3 Å². The number of carboxylic acid groups (broad SMARTS) is 1. The number of rotatable bonds is 5. The van der Waals surface area contributed by atoms with Gasteiger partial charge in [-0.15, -0.1) is 0 Å². The van der Waals surface area contributed by atoms with Crippen LogP contribution in [0, 0.1) is 11.8 Å². The van der Waals surface area contributed by atoms with Gasteiger partial charge in [-0.05, 0) is 31.9 Å². The third-order valence-electron chi connectivity index (χ3n) is 4.31. The Morgan fingerprint density at radius 1 is 1.27 bits per heavy atom. The summed E-state index contributed by atoms with van der Waals surface area (Å²) in [5.74, 6) is -2.12. The third kappa shape index (κ3) is 2.54. The number of carbonyl (C=O) groups is 2. The van der Waals surface area contributed by atoms with E-state index in [4.69, 9.17) is 9.47 Å². The van der Waals surface area contributed by atoms with Crippen LogP contribution < -0.4 is 10.1 Å². The molecule has 6 heteroatoms. The van der Waals surface area contributed by atoms with Crippen molar-refractivity contribution in [2.24, 2.45) is 11.8 Å². The summed E-state index contributed by atoms with van der Waals surface area (Å²) >= 11 is 0. The lowest BCUT2D eigenvalue weighted by molar-refractivity contribution is -0.147. The number of anilines is 1. The molecule has 2 N–H and O–H groups in total. The number of para-hydroxylation sites is 2. The van der Waals surface area contributed by atoms with Gasteiger partial charge in [0.1, 0.15) is 5.75 Å². The summed E-state index contributed by atoms with van der Waals surface area (Å²) in [6, 6.07) is 7.13. The Balaban J connectivity index is 1.78. The highest BCUT2D eigenvalue weighted by atomic mass is 16.5. The molecule has 0 saturated carbocycles. The number of nitrogens with one attached hydrogen (secondary N) is 1. The number of hydrogen-bond donors (Lipinski definition) is 2. The van der Waals surface area contributed by atoms with Crippen LogP contribution in [0.25, 0.3) is 0 Å². The minimum Gasteiger partial charge on any atom is -0.492 e. The molecule has 0 unspecified atom stereocenters. The first-order valence-corrected chi connectivity index (χ1v) is 7.52. The van der Waals surface area contributed by atoms with E-state index in [-0.39, 0.29) is 18.1 Å². The van der Waals surface area contributed by atoms with Gasteiger partial charge in [-0.25, -0.2) is 0 Å². The van der Waals surface area contributed by atoms with Gasteiger partial charge in [0.05, 0.1) is 36.3 Å². The first-order valence-electron chi connectivity index (χ1n) is 7.52. The number of ether oxygens (including phenoxy) is 2. The van der Waals surface area contributed by atoms with Crippen molar-refractivity contribution in [1.29, 1.82) is 0 Å². The molecule has 22 heavy (non-hydrogen) atoms. The molecular formula is C16H19NO5. The molecule has 2 fully saturated rings. The van der Waals surface area contributed by atoms with Crippen LogP contribution in [0.15, 0.2) is 24.3 Å². The Labute approximate surface area is 128 Å². The van der Waals surface area contributed by atoms with Crippen LogP contribution in [0.3, 0.4) is 0 Å². The zero-order chi connectivity index (χ0) is 15.7. The third-order valence-corrected chi connectivity index (χ3v) is 4.31. The van der Waals surface area contributed by atoms with E-state index in [1.165, 1.54) is 0 Å². The first-order chi connectivity index (χ1) is 10.6. The highest BCUT2D eigenvalue weighted by molar-refractivity contribution is 5.97. The fraction of sp³-hybridized carbons (Fsp3) is 0.500. The molecule has 6 nitrogen and oxygen atoms in total. The van der Waals surface area contributed by atoms with Gasteiger partial charge in [-0.1, -0.05) is 12.1 Å². The van der Waals surface area contributed by atoms with Crippen LogP contribution in [-0.4, -0.2) is 35.8 Å². The fourth-order valence-corrected chi connectivity index (χ4v) is 3.39. The molecule has 2 heterocycles. The number of fused-ring (bicyclic) bond motifs is 2. The lowest BCUT2D eigenvalue weighted by Gasteiger charge is -2.24. The van der Waals surface area contributed by atoms with E-state index in [9.17, 15) is 14.7 Å².